The zero-order valence-electron chi connectivity index (χ0n) is 20.6. The molecule has 5 aromatic rings. The second-order valence-electron chi connectivity index (χ2n) is 9.02. The van der Waals surface area contributed by atoms with Crippen LogP contribution in [0.1, 0.15) is 34.6 Å². The second kappa shape index (κ2) is 11.1. The molecule has 2 heterocycles. The van der Waals surface area contributed by atoms with E-state index in [1.54, 1.807) is 31.6 Å². The Balaban J connectivity index is 1.48. The monoisotopic (exact) mass is 493 g/mol. The maximum Gasteiger partial charge on any atom is 0.221 e. The number of carbonyl (C=O) groups is 1. The molecule has 0 saturated carbocycles. The number of pyridine rings is 1. The summed E-state index contributed by atoms with van der Waals surface area (Å²) in [7, 11) is 1.66. The van der Waals surface area contributed by atoms with E-state index >= 15 is 0 Å². The fraction of sp³-hybridized carbons (Fsp3) is 0.161. The van der Waals surface area contributed by atoms with Gasteiger partial charge in [0, 0.05) is 54.9 Å². The minimum Gasteiger partial charge on any atom is -0.497 e. The van der Waals surface area contributed by atoms with Crippen molar-refractivity contribution in [1.29, 1.82) is 0 Å². The van der Waals surface area contributed by atoms with Gasteiger partial charge in [-0.25, -0.2) is 4.39 Å². The topological polar surface area (TPSA) is 56.1 Å². The number of nitrogens with zero attached hydrogens (tertiary/aromatic N) is 2. The van der Waals surface area contributed by atoms with Gasteiger partial charge < -0.3 is 14.6 Å². The normalized spacial score (nSPS) is 11.8. The fourth-order valence-electron chi connectivity index (χ4n) is 4.67. The van der Waals surface area contributed by atoms with Crippen LogP contribution in [0.25, 0.3) is 10.9 Å². The summed E-state index contributed by atoms with van der Waals surface area (Å²) in [6.07, 6.45) is 5.79. The van der Waals surface area contributed by atoms with Crippen LogP contribution in [-0.2, 0) is 17.9 Å². The molecule has 0 radical (unpaired) electrons. The molecule has 0 aliphatic heterocycles. The number of fused-ring (bicyclic) bond motifs is 1. The molecule has 0 aliphatic rings. The van der Waals surface area contributed by atoms with Crippen molar-refractivity contribution in [3.05, 3.63) is 132 Å². The highest BCUT2D eigenvalue weighted by Gasteiger charge is 2.23. The van der Waals surface area contributed by atoms with Gasteiger partial charge in [0.1, 0.15) is 11.6 Å². The highest BCUT2D eigenvalue weighted by Crippen LogP contribution is 2.35. The Hall–Kier alpha value is -4.45. The summed E-state index contributed by atoms with van der Waals surface area (Å²) in [5, 5.41) is 4.10. The number of ether oxygens (including phenoxy) is 1. The number of hydrogen-bond donors (Lipinski definition) is 1. The van der Waals surface area contributed by atoms with Gasteiger partial charge in [0.05, 0.1) is 7.11 Å². The third kappa shape index (κ3) is 5.70. The van der Waals surface area contributed by atoms with E-state index in [9.17, 15) is 9.18 Å². The van der Waals surface area contributed by atoms with Crippen LogP contribution in [0, 0.1) is 5.82 Å². The maximum absolute atomic E-state index is 13.8. The number of halogens is 1. The minimum absolute atomic E-state index is 0.0712. The van der Waals surface area contributed by atoms with Gasteiger partial charge in [-0.2, -0.15) is 0 Å². The number of benzene rings is 3. The molecule has 0 aliphatic carbocycles. The Labute approximate surface area is 215 Å². The van der Waals surface area contributed by atoms with E-state index in [0.29, 0.717) is 13.1 Å². The highest BCUT2D eigenvalue weighted by molar-refractivity contribution is 5.86. The van der Waals surface area contributed by atoms with Crippen molar-refractivity contribution in [2.45, 2.75) is 25.4 Å². The standard InChI is InChI=1S/C31H28FN3O2/c1-37-26-12-6-23(7-13-26)20-35-21-29(27-4-2-3-5-30(27)35)28(24-8-10-25(32)11-9-24)18-31(36)34-19-22-14-16-33-17-15-22/h2-17,21,28H,18-20H2,1H3,(H,34,36)/t28-/m0/s1. The SMILES string of the molecule is COc1ccc(Cn2cc([C@@H](CC(=O)NCc3ccncc3)c3ccc(F)cc3)c3ccccc32)cc1. The lowest BCUT2D eigenvalue weighted by Gasteiger charge is -2.17. The molecular weight excluding hydrogens is 465 g/mol. The average molecular weight is 494 g/mol. The summed E-state index contributed by atoms with van der Waals surface area (Å²) in [5.41, 5.74) is 5.14. The first-order chi connectivity index (χ1) is 18.1. The predicted octanol–water partition coefficient (Wildman–Crippen LogP) is 6.07. The predicted molar refractivity (Wildman–Crippen MR) is 143 cm³/mol. The fourth-order valence-corrected chi connectivity index (χ4v) is 4.67. The lowest BCUT2D eigenvalue weighted by molar-refractivity contribution is -0.121. The zero-order valence-corrected chi connectivity index (χ0v) is 20.6. The number of hydrogen-bond acceptors (Lipinski definition) is 3. The molecule has 37 heavy (non-hydrogen) atoms. The number of amides is 1. The van der Waals surface area contributed by atoms with Crippen molar-refractivity contribution in [3.8, 4) is 5.75 Å². The summed E-state index contributed by atoms with van der Waals surface area (Å²) < 4.78 is 21.3. The molecule has 0 bridgehead atoms. The molecule has 5 rings (SSSR count). The molecule has 5 nitrogen and oxygen atoms in total. The molecule has 2 aromatic heterocycles. The highest BCUT2D eigenvalue weighted by atomic mass is 19.1. The molecule has 1 amide bonds. The summed E-state index contributed by atoms with van der Waals surface area (Å²) in [6.45, 7) is 1.10. The molecule has 186 valence electrons. The third-order valence-electron chi connectivity index (χ3n) is 6.61. The lowest BCUT2D eigenvalue weighted by atomic mass is 9.88. The number of carbonyl (C=O) groups excluding carboxylic acids is 1. The van der Waals surface area contributed by atoms with Crippen molar-refractivity contribution >= 4 is 16.8 Å². The van der Waals surface area contributed by atoms with Crippen molar-refractivity contribution in [1.82, 2.24) is 14.9 Å². The summed E-state index contributed by atoms with van der Waals surface area (Å²) in [4.78, 5) is 17.1. The van der Waals surface area contributed by atoms with Crippen LogP contribution in [0.5, 0.6) is 5.75 Å². The van der Waals surface area contributed by atoms with Crippen molar-refractivity contribution < 1.29 is 13.9 Å². The van der Waals surface area contributed by atoms with E-state index in [4.69, 9.17) is 4.74 Å². The quantitative estimate of drug-likeness (QED) is 0.271. The molecule has 0 fully saturated rings. The van der Waals surface area contributed by atoms with Crippen LogP contribution < -0.4 is 10.1 Å². The van der Waals surface area contributed by atoms with Gasteiger partial charge in [0.25, 0.3) is 0 Å². The van der Waals surface area contributed by atoms with Gasteiger partial charge >= 0.3 is 0 Å². The number of rotatable bonds is 9. The molecular formula is C31H28FN3O2. The first-order valence-electron chi connectivity index (χ1n) is 12.2. The van der Waals surface area contributed by atoms with E-state index in [1.165, 1.54) is 12.1 Å². The van der Waals surface area contributed by atoms with E-state index in [1.807, 2.05) is 36.4 Å². The van der Waals surface area contributed by atoms with Crippen molar-refractivity contribution in [2.24, 2.45) is 0 Å². The van der Waals surface area contributed by atoms with Gasteiger partial charge in [-0.05, 0) is 64.7 Å². The Morgan fingerprint density at radius 1 is 0.946 bits per heavy atom. The molecule has 1 atom stereocenters. The number of methoxy groups -OCH3 is 1. The minimum atomic E-state index is -0.299. The second-order valence-corrected chi connectivity index (χ2v) is 9.02. The van der Waals surface area contributed by atoms with Crippen LogP contribution >= 0.6 is 0 Å². The average Bonchev–Trinajstić information content (AvgIpc) is 3.30. The number of nitrogens with one attached hydrogen (secondary N) is 1. The van der Waals surface area contributed by atoms with E-state index in [0.717, 1.165) is 38.9 Å². The number of aromatic nitrogens is 2. The van der Waals surface area contributed by atoms with Gasteiger partial charge in [0.15, 0.2) is 0 Å². The van der Waals surface area contributed by atoms with Crippen LogP contribution in [0.15, 0.2) is 104 Å². The molecule has 3 aromatic carbocycles. The molecule has 0 spiro atoms. The first kappa shape index (κ1) is 24.3. The Kier molecular flexibility index (Phi) is 7.26. The first-order valence-corrected chi connectivity index (χ1v) is 12.2. The van der Waals surface area contributed by atoms with Gasteiger partial charge in [-0.1, -0.05) is 42.5 Å². The van der Waals surface area contributed by atoms with E-state index in [2.05, 4.69) is 45.3 Å². The summed E-state index contributed by atoms with van der Waals surface area (Å²) >= 11 is 0. The zero-order chi connectivity index (χ0) is 25.6. The van der Waals surface area contributed by atoms with Crippen LogP contribution in [-0.4, -0.2) is 22.6 Å². The largest absolute Gasteiger partial charge is 0.497 e. The van der Waals surface area contributed by atoms with Crippen molar-refractivity contribution in [3.63, 3.8) is 0 Å². The Morgan fingerprint density at radius 2 is 1.68 bits per heavy atom. The molecule has 0 unspecified atom stereocenters. The summed E-state index contributed by atoms with van der Waals surface area (Å²) in [6, 6.07) is 26.4. The Bertz CT molecular complexity index is 1480. The third-order valence-corrected chi connectivity index (χ3v) is 6.61. The smallest absolute Gasteiger partial charge is 0.221 e. The van der Waals surface area contributed by atoms with Crippen LogP contribution in [0.3, 0.4) is 0 Å². The van der Waals surface area contributed by atoms with Crippen LogP contribution in [0.2, 0.25) is 0 Å². The van der Waals surface area contributed by atoms with E-state index < -0.39 is 0 Å². The molecule has 1 N–H and O–H groups in total. The van der Waals surface area contributed by atoms with Crippen molar-refractivity contribution in [2.75, 3.05) is 7.11 Å². The van der Waals surface area contributed by atoms with Gasteiger partial charge in [-0.3, -0.25) is 9.78 Å². The van der Waals surface area contributed by atoms with E-state index in [-0.39, 0.29) is 24.1 Å². The summed E-state index contributed by atoms with van der Waals surface area (Å²) in [5.74, 6) is 0.209. The number of para-hydroxylation sites is 1. The van der Waals surface area contributed by atoms with Crippen LogP contribution in [0.4, 0.5) is 4.39 Å². The lowest BCUT2D eigenvalue weighted by Crippen LogP contribution is -2.25. The van der Waals surface area contributed by atoms with Gasteiger partial charge in [0.2, 0.25) is 5.91 Å². The molecule has 0 saturated heterocycles. The molecule has 6 heteroatoms. The Morgan fingerprint density at radius 3 is 2.41 bits per heavy atom. The van der Waals surface area contributed by atoms with Gasteiger partial charge in [-0.15, -0.1) is 0 Å². The maximum atomic E-state index is 13.8.